The van der Waals surface area contributed by atoms with Crippen molar-refractivity contribution in [1.29, 1.82) is 5.26 Å². The van der Waals surface area contributed by atoms with Crippen LogP contribution in [0.15, 0.2) is 53.4 Å². The molecule has 0 spiro atoms. The lowest BCUT2D eigenvalue weighted by Gasteiger charge is -2.34. The molecular weight excluding hydrogens is 422 g/mol. The number of likely N-dealkylation sites (N-methyl/N-ethyl adjacent to an activating group) is 1. The predicted molar refractivity (Wildman–Crippen MR) is 116 cm³/mol. The Bertz CT molecular complexity index is 1230. The Morgan fingerprint density at radius 2 is 1.70 bits per heavy atom. The number of sulfone groups is 1. The number of fused-ring (bicyclic) bond motifs is 1. The van der Waals surface area contributed by atoms with E-state index < -0.39 is 15.1 Å². The molecule has 4 rings (SSSR count). The van der Waals surface area contributed by atoms with Gasteiger partial charge in [0.1, 0.15) is 5.69 Å². The highest BCUT2D eigenvalue weighted by Gasteiger charge is 2.35. The second-order valence-electron chi connectivity index (χ2n) is 7.22. The number of para-hydroxylation sites is 2. The molecule has 0 bridgehead atoms. The SMILES string of the molecule is CN1CCN(c2nc3ccccc3nc2[C@H](C#N)S(=O)(=O)c2cccc(Cl)c2)CC1. The van der Waals surface area contributed by atoms with Gasteiger partial charge >= 0.3 is 0 Å². The topological polar surface area (TPSA) is 90.2 Å². The fourth-order valence-electron chi connectivity index (χ4n) is 3.49. The third-order valence-corrected chi connectivity index (χ3v) is 7.28. The smallest absolute Gasteiger partial charge is 0.200 e. The van der Waals surface area contributed by atoms with Crippen LogP contribution in [0.2, 0.25) is 5.02 Å². The largest absolute Gasteiger partial charge is 0.352 e. The molecule has 2 aromatic carbocycles. The third-order valence-electron chi connectivity index (χ3n) is 5.18. The maximum atomic E-state index is 13.4. The summed E-state index contributed by atoms with van der Waals surface area (Å²) >= 11 is 6.00. The number of nitrogens with zero attached hydrogens (tertiary/aromatic N) is 5. The quantitative estimate of drug-likeness (QED) is 0.614. The summed E-state index contributed by atoms with van der Waals surface area (Å²) in [7, 11) is -2.02. The molecule has 30 heavy (non-hydrogen) atoms. The molecule has 0 N–H and O–H groups in total. The highest BCUT2D eigenvalue weighted by molar-refractivity contribution is 7.92. The third kappa shape index (κ3) is 3.84. The maximum absolute atomic E-state index is 13.4. The van der Waals surface area contributed by atoms with Crippen LogP contribution in [0.25, 0.3) is 11.0 Å². The zero-order valence-corrected chi connectivity index (χ0v) is 17.9. The molecule has 2 heterocycles. The summed E-state index contributed by atoms with van der Waals surface area (Å²) in [4.78, 5) is 13.5. The van der Waals surface area contributed by atoms with Crippen molar-refractivity contribution in [2.24, 2.45) is 0 Å². The molecule has 1 saturated heterocycles. The van der Waals surface area contributed by atoms with E-state index in [9.17, 15) is 13.7 Å². The van der Waals surface area contributed by atoms with Gasteiger partial charge in [0.05, 0.1) is 22.0 Å². The van der Waals surface area contributed by atoms with Gasteiger partial charge in [0, 0.05) is 31.2 Å². The van der Waals surface area contributed by atoms with E-state index in [0.717, 1.165) is 13.1 Å². The summed E-state index contributed by atoms with van der Waals surface area (Å²) in [5.41, 5.74) is 1.36. The average Bonchev–Trinajstić information content (AvgIpc) is 2.74. The van der Waals surface area contributed by atoms with Crippen LogP contribution in [0.4, 0.5) is 5.82 Å². The van der Waals surface area contributed by atoms with Crippen molar-refractivity contribution < 1.29 is 8.42 Å². The second-order valence-corrected chi connectivity index (χ2v) is 9.69. The van der Waals surface area contributed by atoms with Gasteiger partial charge in [-0.15, -0.1) is 0 Å². The van der Waals surface area contributed by atoms with Crippen LogP contribution in [0.3, 0.4) is 0 Å². The normalized spacial score (nSPS) is 16.4. The number of benzene rings is 2. The van der Waals surface area contributed by atoms with Crippen molar-refractivity contribution in [2.45, 2.75) is 10.1 Å². The van der Waals surface area contributed by atoms with Gasteiger partial charge in [-0.05, 0) is 37.4 Å². The molecule has 1 aliphatic rings. The zero-order chi connectivity index (χ0) is 21.3. The number of rotatable bonds is 4. The molecule has 9 heteroatoms. The van der Waals surface area contributed by atoms with E-state index in [1.807, 2.05) is 36.2 Å². The van der Waals surface area contributed by atoms with Gasteiger partial charge in [0.25, 0.3) is 0 Å². The summed E-state index contributed by atoms with van der Waals surface area (Å²) in [6.07, 6.45) is 0. The summed E-state index contributed by atoms with van der Waals surface area (Å²) in [6.45, 7) is 2.97. The van der Waals surface area contributed by atoms with Crippen LogP contribution in [-0.2, 0) is 9.84 Å². The number of anilines is 1. The summed E-state index contributed by atoms with van der Waals surface area (Å²) < 4.78 is 26.7. The summed E-state index contributed by atoms with van der Waals surface area (Å²) in [5.74, 6) is 0.443. The van der Waals surface area contributed by atoms with Crippen molar-refractivity contribution in [1.82, 2.24) is 14.9 Å². The first-order chi connectivity index (χ1) is 14.4. The summed E-state index contributed by atoms with van der Waals surface area (Å²) in [6, 6.07) is 15.2. The lowest BCUT2D eigenvalue weighted by atomic mass is 10.2. The van der Waals surface area contributed by atoms with Crippen LogP contribution in [0, 0.1) is 11.3 Å². The van der Waals surface area contributed by atoms with Gasteiger partial charge < -0.3 is 9.80 Å². The Morgan fingerprint density at radius 1 is 1.03 bits per heavy atom. The van der Waals surface area contributed by atoms with E-state index in [2.05, 4.69) is 9.88 Å². The first-order valence-electron chi connectivity index (χ1n) is 9.49. The van der Waals surface area contributed by atoms with Gasteiger partial charge in [0.15, 0.2) is 11.1 Å². The first kappa shape index (κ1) is 20.5. The highest BCUT2D eigenvalue weighted by Crippen LogP contribution is 2.34. The van der Waals surface area contributed by atoms with Gasteiger partial charge in [-0.1, -0.05) is 29.8 Å². The van der Waals surface area contributed by atoms with Crippen molar-refractivity contribution in [3.05, 3.63) is 59.2 Å². The summed E-state index contributed by atoms with van der Waals surface area (Å²) in [5, 5.41) is 8.72. The number of hydrogen-bond acceptors (Lipinski definition) is 7. The lowest BCUT2D eigenvalue weighted by molar-refractivity contribution is 0.312. The van der Waals surface area contributed by atoms with E-state index >= 15 is 0 Å². The predicted octanol–water partition coefficient (Wildman–Crippen LogP) is 3.07. The maximum Gasteiger partial charge on any atom is 0.200 e. The molecule has 7 nitrogen and oxygen atoms in total. The zero-order valence-electron chi connectivity index (χ0n) is 16.4. The van der Waals surface area contributed by atoms with Crippen LogP contribution in [0.1, 0.15) is 10.9 Å². The minimum atomic E-state index is -4.05. The monoisotopic (exact) mass is 441 g/mol. The van der Waals surface area contributed by atoms with Crippen molar-refractivity contribution in [3.8, 4) is 6.07 Å². The molecule has 0 radical (unpaired) electrons. The van der Waals surface area contributed by atoms with Crippen molar-refractivity contribution >= 4 is 38.3 Å². The van der Waals surface area contributed by atoms with Crippen LogP contribution < -0.4 is 4.90 Å². The number of halogens is 1. The molecule has 154 valence electrons. The highest BCUT2D eigenvalue weighted by atomic mass is 35.5. The van der Waals surface area contributed by atoms with Crippen molar-refractivity contribution in [2.75, 3.05) is 38.1 Å². The van der Waals surface area contributed by atoms with Crippen LogP contribution in [0.5, 0.6) is 0 Å². The molecule has 0 saturated carbocycles. The van der Waals surface area contributed by atoms with Crippen LogP contribution >= 0.6 is 11.6 Å². The average molecular weight is 442 g/mol. The number of hydrogen-bond donors (Lipinski definition) is 0. The minimum absolute atomic E-state index is 0.0131. The minimum Gasteiger partial charge on any atom is -0.352 e. The first-order valence-corrected chi connectivity index (χ1v) is 11.4. The van der Waals surface area contributed by atoms with E-state index in [0.29, 0.717) is 29.9 Å². The molecule has 3 aromatic rings. The van der Waals surface area contributed by atoms with Gasteiger partial charge in [-0.3, -0.25) is 0 Å². The number of piperazine rings is 1. The molecular formula is C21H20ClN5O2S. The molecule has 1 atom stereocenters. The Hall–Kier alpha value is -2.73. The van der Waals surface area contributed by atoms with E-state index in [1.165, 1.54) is 12.1 Å². The van der Waals surface area contributed by atoms with Gasteiger partial charge in [0.2, 0.25) is 9.84 Å². The van der Waals surface area contributed by atoms with E-state index in [1.54, 1.807) is 18.2 Å². The van der Waals surface area contributed by atoms with E-state index in [-0.39, 0.29) is 15.6 Å². The lowest BCUT2D eigenvalue weighted by Crippen LogP contribution is -2.45. The molecule has 0 unspecified atom stereocenters. The van der Waals surface area contributed by atoms with Gasteiger partial charge in [-0.25, -0.2) is 18.4 Å². The molecule has 1 aliphatic heterocycles. The standard InChI is InChI=1S/C21H20ClN5O2S/c1-26-9-11-27(12-10-26)21-20(24-17-7-2-3-8-18(17)25-21)19(14-23)30(28,29)16-6-4-5-15(22)13-16/h2-8,13,19H,9-12H2,1H3/t19-/m0/s1. The number of nitriles is 1. The molecule has 0 aliphatic carbocycles. The molecule has 1 fully saturated rings. The van der Waals surface area contributed by atoms with E-state index in [4.69, 9.17) is 16.6 Å². The Morgan fingerprint density at radius 3 is 2.33 bits per heavy atom. The molecule has 0 amide bonds. The fourth-order valence-corrected chi connectivity index (χ4v) is 5.17. The fraction of sp³-hybridized carbons (Fsp3) is 0.286. The number of aromatic nitrogens is 2. The molecule has 1 aromatic heterocycles. The van der Waals surface area contributed by atoms with Crippen LogP contribution in [-0.4, -0.2) is 56.5 Å². The Labute approximate surface area is 180 Å². The Kier molecular flexibility index (Phi) is 5.60. The van der Waals surface area contributed by atoms with Crippen molar-refractivity contribution in [3.63, 3.8) is 0 Å². The van der Waals surface area contributed by atoms with Gasteiger partial charge in [-0.2, -0.15) is 5.26 Å². The Balaban J connectivity index is 1.89. The second kappa shape index (κ2) is 8.19.